The molecule has 0 aliphatic carbocycles. The van der Waals surface area contributed by atoms with Gasteiger partial charge in [0.25, 0.3) is 5.56 Å². The summed E-state index contributed by atoms with van der Waals surface area (Å²) in [6.07, 6.45) is 0.663. The van der Waals surface area contributed by atoms with E-state index in [1.54, 1.807) is 26.4 Å². The quantitative estimate of drug-likeness (QED) is 0.669. The Morgan fingerprint density at radius 1 is 1.17 bits per heavy atom. The first-order chi connectivity index (χ1) is 14.5. The van der Waals surface area contributed by atoms with E-state index >= 15 is 0 Å². The van der Waals surface area contributed by atoms with Crippen LogP contribution in [0.15, 0.2) is 41.2 Å². The number of ether oxygens (including phenoxy) is 2. The van der Waals surface area contributed by atoms with Crippen molar-refractivity contribution in [3.63, 3.8) is 0 Å². The summed E-state index contributed by atoms with van der Waals surface area (Å²) in [5.41, 5.74) is 4.58. The average Bonchev–Trinajstić information content (AvgIpc) is 2.75. The number of aromatic nitrogens is 2. The summed E-state index contributed by atoms with van der Waals surface area (Å²) in [4.78, 5) is 22.6. The van der Waals surface area contributed by atoms with Crippen molar-refractivity contribution in [3.05, 3.63) is 74.2 Å². The Bertz CT molecular complexity index is 1130. The summed E-state index contributed by atoms with van der Waals surface area (Å²) in [7, 11) is 3.32. The predicted molar refractivity (Wildman–Crippen MR) is 117 cm³/mol. The molecule has 6 nitrogen and oxygen atoms in total. The second-order valence-electron chi connectivity index (χ2n) is 7.43. The number of rotatable bonds is 5. The average molecular weight is 426 g/mol. The fraction of sp³-hybridized carbons (Fsp3) is 0.304. The van der Waals surface area contributed by atoms with Gasteiger partial charge in [-0.25, -0.2) is 4.98 Å². The van der Waals surface area contributed by atoms with Crippen LogP contribution in [0.2, 0.25) is 5.02 Å². The number of aryl methyl sites for hydroxylation is 1. The van der Waals surface area contributed by atoms with Gasteiger partial charge in [0.15, 0.2) is 0 Å². The van der Waals surface area contributed by atoms with Crippen molar-refractivity contribution < 1.29 is 9.47 Å². The van der Waals surface area contributed by atoms with Gasteiger partial charge in [0.05, 0.1) is 19.9 Å². The number of methoxy groups -OCH3 is 2. The zero-order valence-corrected chi connectivity index (χ0v) is 18.0. The summed E-state index contributed by atoms with van der Waals surface area (Å²) in [6.45, 7) is 4.16. The van der Waals surface area contributed by atoms with Gasteiger partial charge in [-0.1, -0.05) is 11.6 Å². The van der Waals surface area contributed by atoms with Crippen LogP contribution in [0.1, 0.15) is 22.4 Å². The molecule has 0 atom stereocenters. The lowest BCUT2D eigenvalue weighted by molar-refractivity contribution is 0.236. The summed E-state index contributed by atoms with van der Waals surface area (Å²) >= 11 is 5.98. The zero-order valence-electron chi connectivity index (χ0n) is 17.3. The molecule has 0 radical (unpaired) electrons. The second-order valence-corrected chi connectivity index (χ2v) is 7.87. The minimum Gasteiger partial charge on any atom is -0.497 e. The number of nitrogens with zero attached hydrogens (tertiary/aromatic N) is 2. The lowest BCUT2D eigenvalue weighted by atomic mass is 10.0. The number of hydrogen-bond donors (Lipinski definition) is 1. The number of hydrogen-bond acceptors (Lipinski definition) is 5. The Hall–Kier alpha value is -2.83. The smallest absolute Gasteiger partial charge is 0.254 e. The largest absolute Gasteiger partial charge is 0.497 e. The SMILES string of the molecule is COc1cc(C)c(CN2CCc3c(nc(-c4ccc(Cl)cc4)[nH]c3=O)C2)c(OC)c1. The standard InChI is InChI=1S/C23H24ClN3O3/c1-14-10-17(29-2)11-21(30-3)19(14)12-27-9-8-18-20(13-27)25-22(26-23(18)28)15-4-6-16(24)7-5-15/h4-7,10-11H,8-9,12-13H2,1-3H3,(H,25,26,28). The van der Waals surface area contributed by atoms with Gasteiger partial charge in [-0.3, -0.25) is 9.69 Å². The van der Waals surface area contributed by atoms with Crippen LogP contribution >= 0.6 is 11.6 Å². The van der Waals surface area contributed by atoms with Crippen molar-refractivity contribution in [1.82, 2.24) is 14.9 Å². The maximum Gasteiger partial charge on any atom is 0.254 e. The maximum absolute atomic E-state index is 12.6. The van der Waals surface area contributed by atoms with Crippen LogP contribution in [0.25, 0.3) is 11.4 Å². The number of H-pyrrole nitrogens is 1. The van der Waals surface area contributed by atoms with Crippen molar-refractivity contribution >= 4 is 11.6 Å². The number of nitrogens with one attached hydrogen (secondary N) is 1. The fourth-order valence-electron chi connectivity index (χ4n) is 3.85. The Morgan fingerprint density at radius 3 is 2.63 bits per heavy atom. The first kappa shape index (κ1) is 20.4. The first-order valence-corrected chi connectivity index (χ1v) is 10.2. The Balaban J connectivity index is 1.62. The maximum atomic E-state index is 12.6. The van der Waals surface area contributed by atoms with E-state index in [0.29, 0.717) is 30.4 Å². The van der Waals surface area contributed by atoms with Gasteiger partial charge in [0.1, 0.15) is 17.3 Å². The van der Waals surface area contributed by atoms with Gasteiger partial charge in [-0.05, 0) is 49.2 Å². The molecule has 30 heavy (non-hydrogen) atoms. The van der Waals surface area contributed by atoms with Crippen molar-refractivity contribution in [1.29, 1.82) is 0 Å². The van der Waals surface area contributed by atoms with E-state index in [1.165, 1.54) is 0 Å². The van der Waals surface area contributed by atoms with Crippen molar-refractivity contribution in [2.45, 2.75) is 26.4 Å². The molecular formula is C23H24ClN3O3. The number of fused-ring (bicyclic) bond motifs is 1. The molecular weight excluding hydrogens is 402 g/mol. The normalized spacial score (nSPS) is 13.7. The van der Waals surface area contributed by atoms with Crippen LogP contribution in [-0.4, -0.2) is 35.6 Å². The molecule has 1 aromatic heterocycles. The van der Waals surface area contributed by atoms with E-state index < -0.39 is 0 Å². The number of benzene rings is 2. The highest BCUT2D eigenvalue weighted by molar-refractivity contribution is 6.30. The first-order valence-electron chi connectivity index (χ1n) is 9.80. The predicted octanol–water partition coefficient (Wildman–Crippen LogP) is 3.97. The Kier molecular flexibility index (Phi) is 5.79. The minimum atomic E-state index is -0.0668. The van der Waals surface area contributed by atoms with E-state index in [4.69, 9.17) is 26.1 Å². The molecule has 7 heteroatoms. The van der Waals surface area contributed by atoms with E-state index in [9.17, 15) is 4.79 Å². The Labute approximate surface area is 180 Å². The van der Waals surface area contributed by atoms with Gasteiger partial charge >= 0.3 is 0 Å². The van der Waals surface area contributed by atoms with Gasteiger partial charge < -0.3 is 14.5 Å². The summed E-state index contributed by atoms with van der Waals surface area (Å²) in [5.74, 6) is 2.15. The van der Waals surface area contributed by atoms with Crippen LogP contribution in [0.5, 0.6) is 11.5 Å². The van der Waals surface area contributed by atoms with E-state index in [1.807, 2.05) is 24.3 Å². The third-order valence-electron chi connectivity index (χ3n) is 5.51. The number of halogens is 1. The van der Waals surface area contributed by atoms with Crippen molar-refractivity contribution in [2.75, 3.05) is 20.8 Å². The molecule has 3 aromatic rings. The highest BCUT2D eigenvalue weighted by atomic mass is 35.5. The van der Waals surface area contributed by atoms with Crippen LogP contribution in [0.3, 0.4) is 0 Å². The molecule has 0 saturated heterocycles. The second kappa shape index (κ2) is 8.50. The van der Waals surface area contributed by atoms with Crippen molar-refractivity contribution in [2.24, 2.45) is 0 Å². The lowest BCUT2D eigenvalue weighted by Gasteiger charge is -2.29. The third-order valence-corrected chi connectivity index (χ3v) is 5.77. The molecule has 2 heterocycles. The molecule has 0 spiro atoms. The molecule has 1 N–H and O–H groups in total. The molecule has 0 bridgehead atoms. The molecule has 0 fully saturated rings. The van der Waals surface area contributed by atoms with Crippen LogP contribution in [0.4, 0.5) is 0 Å². The van der Waals surface area contributed by atoms with Crippen LogP contribution in [-0.2, 0) is 19.5 Å². The molecule has 2 aromatic carbocycles. The van der Waals surface area contributed by atoms with Gasteiger partial charge in [-0.2, -0.15) is 0 Å². The van der Waals surface area contributed by atoms with Crippen LogP contribution < -0.4 is 15.0 Å². The van der Waals surface area contributed by atoms with E-state index in [0.717, 1.165) is 46.0 Å². The molecule has 0 unspecified atom stereocenters. The topological polar surface area (TPSA) is 67.5 Å². The fourth-order valence-corrected chi connectivity index (χ4v) is 3.98. The molecule has 4 rings (SSSR count). The zero-order chi connectivity index (χ0) is 21.3. The van der Waals surface area contributed by atoms with E-state index in [2.05, 4.69) is 16.8 Å². The highest BCUT2D eigenvalue weighted by Gasteiger charge is 2.23. The summed E-state index contributed by atoms with van der Waals surface area (Å²) < 4.78 is 11.0. The van der Waals surface area contributed by atoms with Crippen molar-refractivity contribution in [3.8, 4) is 22.9 Å². The Morgan fingerprint density at radius 2 is 1.93 bits per heavy atom. The van der Waals surface area contributed by atoms with Gasteiger partial charge in [0, 0.05) is 47.4 Å². The minimum absolute atomic E-state index is 0.0668. The molecule has 1 aliphatic rings. The summed E-state index contributed by atoms with van der Waals surface area (Å²) in [6, 6.07) is 11.2. The summed E-state index contributed by atoms with van der Waals surface area (Å²) in [5, 5.41) is 0.647. The number of aromatic amines is 1. The molecule has 0 saturated carbocycles. The molecule has 156 valence electrons. The molecule has 1 aliphatic heterocycles. The monoisotopic (exact) mass is 425 g/mol. The van der Waals surface area contributed by atoms with Gasteiger partial charge in [-0.15, -0.1) is 0 Å². The molecule has 0 amide bonds. The van der Waals surface area contributed by atoms with Gasteiger partial charge in [0.2, 0.25) is 0 Å². The van der Waals surface area contributed by atoms with Crippen LogP contribution in [0, 0.1) is 6.92 Å². The highest BCUT2D eigenvalue weighted by Crippen LogP contribution is 2.30. The van der Waals surface area contributed by atoms with E-state index in [-0.39, 0.29) is 5.56 Å². The lowest BCUT2D eigenvalue weighted by Crippen LogP contribution is -2.35. The third kappa shape index (κ3) is 4.06.